The molecule has 0 fully saturated rings. The Balaban J connectivity index is 2.05. The summed E-state index contributed by atoms with van der Waals surface area (Å²) in [5.41, 5.74) is 2.17. The zero-order valence-electron chi connectivity index (χ0n) is 13.9. The molecule has 0 bridgehead atoms. The zero-order chi connectivity index (χ0) is 17.3. The molecule has 1 aromatic carbocycles. The van der Waals surface area contributed by atoms with Crippen LogP contribution in [0.15, 0.2) is 46.5 Å². The predicted octanol–water partition coefficient (Wildman–Crippen LogP) is 3.81. The van der Waals surface area contributed by atoms with Crippen LogP contribution in [0.2, 0.25) is 0 Å². The lowest BCUT2D eigenvalue weighted by molar-refractivity contribution is -0.118. The van der Waals surface area contributed by atoms with Crippen LogP contribution < -0.4 is 10.2 Å². The Morgan fingerprint density at radius 2 is 2.12 bits per heavy atom. The van der Waals surface area contributed by atoms with Crippen LogP contribution in [0.25, 0.3) is 0 Å². The van der Waals surface area contributed by atoms with Crippen molar-refractivity contribution in [3.63, 3.8) is 0 Å². The maximum Gasteiger partial charge on any atom is 0.261 e. The number of hydrogen-bond acceptors (Lipinski definition) is 4. The van der Waals surface area contributed by atoms with E-state index in [1.165, 1.54) is 11.8 Å². The fourth-order valence-corrected chi connectivity index (χ4v) is 3.55. The molecule has 3 rings (SSSR count). The lowest BCUT2D eigenvalue weighted by atomic mass is 10.2. The molecule has 124 valence electrons. The van der Waals surface area contributed by atoms with Crippen LogP contribution >= 0.6 is 11.8 Å². The van der Waals surface area contributed by atoms with E-state index in [0.717, 1.165) is 16.3 Å². The van der Waals surface area contributed by atoms with Crippen LogP contribution in [0.3, 0.4) is 0 Å². The Bertz CT molecular complexity index is 805. The number of carbonyl (C=O) groups is 2. The van der Waals surface area contributed by atoms with Crippen molar-refractivity contribution in [1.29, 1.82) is 0 Å². The fourth-order valence-electron chi connectivity index (χ4n) is 2.49. The highest BCUT2D eigenvalue weighted by Gasteiger charge is 2.27. The average molecular weight is 341 g/mol. The van der Waals surface area contributed by atoms with Crippen molar-refractivity contribution in [2.45, 2.75) is 30.7 Å². The van der Waals surface area contributed by atoms with Gasteiger partial charge in [-0.15, -0.1) is 0 Å². The quantitative estimate of drug-likeness (QED) is 0.922. The summed E-state index contributed by atoms with van der Waals surface area (Å²) in [6.45, 7) is 6.22. The number of aromatic nitrogens is 1. The molecule has 24 heavy (non-hydrogen) atoms. The molecule has 0 saturated carbocycles. The van der Waals surface area contributed by atoms with Crippen LogP contribution in [-0.2, 0) is 4.79 Å². The number of carbonyl (C=O) groups excluding carboxylic acids is 2. The molecule has 0 radical (unpaired) electrons. The summed E-state index contributed by atoms with van der Waals surface area (Å²) in [6.07, 6.45) is 1.69. The van der Waals surface area contributed by atoms with Gasteiger partial charge in [-0.3, -0.25) is 9.59 Å². The number of hydrogen-bond donors (Lipinski definition) is 1. The van der Waals surface area contributed by atoms with E-state index in [9.17, 15) is 9.59 Å². The van der Waals surface area contributed by atoms with Gasteiger partial charge in [-0.25, -0.2) is 4.98 Å². The van der Waals surface area contributed by atoms with Gasteiger partial charge in [-0.1, -0.05) is 25.6 Å². The first-order valence-electron chi connectivity index (χ1n) is 7.91. The second-order valence-corrected chi connectivity index (χ2v) is 6.86. The molecule has 0 aliphatic carbocycles. The Morgan fingerprint density at radius 3 is 2.83 bits per heavy atom. The zero-order valence-corrected chi connectivity index (χ0v) is 14.7. The van der Waals surface area contributed by atoms with E-state index in [1.807, 2.05) is 39.0 Å². The summed E-state index contributed by atoms with van der Waals surface area (Å²) in [6, 6.07) is 9.19. The summed E-state index contributed by atoms with van der Waals surface area (Å²) in [5, 5.41) is 3.59. The highest BCUT2D eigenvalue weighted by atomic mass is 32.2. The van der Waals surface area contributed by atoms with E-state index in [2.05, 4.69) is 10.3 Å². The number of fused-ring (bicyclic) bond motifs is 2. The second kappa shape index (κ2) is 6.65. The Labute approximate surface area is 145 Å². The lowest BCUT2D eigenvalue weighted by Gasteiger charge is -2.21. The molecule has 1 N–H and O–H groups in total. The lowest BCUT2D eigenvalue weighted by Crippen LogP contribution is -2.30. The van der Waals surface area contributed by atoms with Gasteiger partial charge in [0.05, 0.1) is 11.3 Å². The molecule has 5 nitrogen and oxygen atoms in total. The molecule has 1 aromatic heterocycles. The van der Waals surface area contributed by atoms with Gasteiger partial charge in [-0.2, -0.15) is 0 Å². The maximum atomic E-state index is 12.8. The van der Waals surface area contributed by atoms with Crippen LogP contribution in [-0.4, -0.2) is 23.3 Å². The average Bonchev–Trinajstić information content (AvgIpc) is 2.68. The normalized spacial score (nSPS) is 13.3. The van der Waals surface area contributed by atoms with Crippen LogP contribution in [0.4, 0.5) is 11.4 Å². The summed E-state index contributed by atoms with van der Waals surface area (Å²) in [7, 11) is 0. The van der Waals surface area contributed by atoms with E-state index in [4.69, 9.17) is 0 Å². The molecule has 0 atom stereocenters. The first kappa shape index (κ1) is 16.5. The Morgan fingerprint density at radius 1 is 1.33 bits per heavy atom. The molecule has 0 unspecified atom stereocenters. The number of pyridine rings is 1. The molecule has 2 aromatic rings. The standard InChI is InChI=1S/C18H19N3O2S/c1-4-21-14-8-7-12(20-16(22)11(2)3)10-15(14)24-17-13(18(21)23)6-5-9-19-17/h5-11H,4H2,1-3H3,(H,20,22). The van der Waals surface area contributed by atoms with E-state index in [1.54, 1.807) is 23.2 Å². The maximum absolute atomic E-state index is 12.8. The highest BCUT2D eigenvalue weighted by molar-refractivity contribution is 7.99. The van der Waals surface area contributed by atoms with Gasteiger partial charge in [0.2, 0.25) is 5.91 Å². The minimum atomic E-state index is -0.0902. The number of rotatable bonds is 3. The predicted molar refractivity (Wildman–Crippen MR) is 95.6 cm³/mol. The number of nitrogens with zero attached hydrogens (tertiary/aromatic N) is 2. The first-order chi connectivity index (χ1) is 11.5. The first-order valence-corrected chi connectivity index (χ1v) is 8.72. The molecule has 1 aliphatic heterocycles. The Hall–Kier alpha value is -2.34. The van der Waals surface area contributed by atoms with Crippen molar-refractivity contribution < 1.29 is 9.59 Å². The third-order valence-corrected chi connectivity index (χ3v) is 4.88. The third-order valence-electron chi connectivity index (χ3n) is 3.81. The molecule has 2 heterocycles. The van der Waals surface area contributed by atoms with Crippen LogP contribution in [0.1, 0.15) is 31.1 Å². The van der Waals surface area contributed by atoms with Crippen molar-refractivity contribution in [1.82, 2.24) is 4.98 Å². The number of anilines is 2. The van der Waals surface area contributed by atoms with Crippen LogP contribution in [0, 0.1) is 5.92 Å². The molecule has 6 heteroatoms. The Kier molecular flexibility index (Phi) is 4.57. The van der Waals surface area contributed by atoms with Gasteiger partial charge >= 0.3 is 0 Å². The SMILES string of the molecule is CCN1C(=O)c2cccnc2Sc2cc(NC(=O)C(C)C)ccc21. The van der Waals surface area contributed by atoms with E-state index in [-0.39, 0.29) is 17.7 Å². The summed E-state index contributed by atoms with van der Waals surface area (Å²) in [4.78, 5) is 31.7. The molecule has 0 spiro atoms. The van der Waals surface area contributed by atoms with Gasteiger partial charge in [0, 0.05) is 29.2 Å². The number of nitrogens with one attached hydrogen (secondary N) is 1. The molecule has 2 amide bonds. The van der Waals surface area contributed by atoms with E-state index in [0.29, 0.717) is 17.1 Å². The van der Waals surface area contributed by atoms with Crippen molar-refractivity contribution in [2.75, 3.05) is 16.8 Å². The van der Waals surface area contributed by atoms with Crippen LogP contribution in [0.5, 0.6) is 0 Å². The molecular weight excluding hydrogens is 322 g/mol. The summed E-state index contributed by atoms with van der Waals surface area (Å²) >= 11 is 1.45. The number of amides is 2. The monoisotopic (exact) mass is 341 g/mol. The summed E-state index contributed by atoms with van der Waals surface area (Å²) < 4.78 is 0. The fraction of sp³-hybridized carbons (Fsp3) is 0.278. The topological polar surface area (TPSA) is 62.3 Å². The van der Waals surface area contributed by atoms with Crippen molar-refractivity contribution >= 4 is 35.0 Å². The number of benzene rings is 1. The minimum absolute atomic E-state index is 0.0319. The second-order valence-electron chi connectivity index (χ2n) is 5.83. The summed E-state index contributed by atoms with van der Waals surface area (Å²) in [5.74, 6) is -0.172. The molecule has 1 aliphatic rings. The van der Waals surface area contributed by atoms with E-state index >= 15 is 0 Å². The molecular formula is C18H19N3O2S. The molecule has 0 saturated heterocycles. The largest absolute Gasteiger partial charge is 0.326 e. The van der Waals surface area contributed by atoms with Gasteiger partial charge < -0.3 is 10.2 Å². The van der Waals surface area contributed by atoms with Gasteiger partial charge in [0.1, 0.15) is 5.03 Å². The smallest absolute Gasteiger partial charge is 0.261 e. The minimum Gasteiger partial charge on any atom is -0.326 e. The van der Waals surface area contributed by atoms with Crippen molar-refractivity contribution in [3.05, 3.63) is 42.1 Å². The third kappa shape index (κ3) is 3.01. The van der Waals surface area contributed by atoms with Gasteiger partial charge in [0.25, 0.3) is 5.91 Å². The van der Waals surface area contributed by atoms with Crippen molar-refractivity contribution in [3.8, 4) is 0 Å². The highest BCUT2D eigenvalue weighted by Crippen LogP contribution is 2.41. The van der Waals surface area contributed by atoms with E-state index < -0.39 is 0 Å². The van der Waals surface area contributed by atoms with Crippen molar-refractivity contribution in [2.24, 2.45) is 5.92 Å². The van der Waals surface area contributed by atoms with Gasteiger partial charge in [-0.05, 0) is 37.3 Å². The van der Waals surface area contributed by atoms with Gasteiger partial charge in [0.15, 0.2) is 0 Å².